The summed E-state index contributed by atoms with van der Waals surface area (Å²) < 4.78 is 5.30. The molecule has 3 rings (SSSR count). The van der Waals surface area contributed by atoms with Crippen molar-refractivity contribution < 1.29 is 29.0 Å². The number of ether oxygens (including phenoxy) is 1. The fraction of sp³-hybridized carbons (Fsp3) is 0.400. The zero-order chi connectivity index (χ0) is 28.9. The Balaban J connectivity index is 2.24. The fourth-order valence-electron chi connectivity index (χ4n) is 4.72. The fourth-order valence-corrected chi connectivity index (χ4v) is 4.72. The van der Waals surface area contributed by atoms with Crippen molar-refractivity contribution in [1.29, 1.82) is 0 Å². The maximum absolute atomic E-state index is 14.2. The number of benzene rings is 2. The van der Waals surface area contributed by atoms with Gasteiger partial charge in [-0.15, -0.1) is 0 Å². The predicted molar refractivity (Wildman–Crippen MR) is 146 cm³/mol. The summed E-state index contributed by atoms with van der Waals surface area (Å²) in [6, 6.07) is 15.9. The molecule has 0 spiro atoms. The number of hydrogen-bond donors (Lipinski definition) is 1. The van der Waals surface area contributed by atoms with Crippen LogP contribution in [0.1, 0.15) is 52.7 Å². The summed E-state index contributed by atoms with van der Waals surface area (Å²) >= 11 is 0. The lowest BCUT2D eigenvalue weighted by Gasteiger charge is -2.47. The van der Waals surface area contributed by atoms with Gasteiger partial charge in [0.15, 0.2) is 6.10 Å². The van der Waals surface area contributed by atoms with Crippen LogP contribution in [0.25, 0.3) is 5.70 Å². The Morgan fingerprint density at radius 3 is 2.00 bits per heavy atom. The molecule has 9 nitrogen and oxygen atoms in total. The van der Waals surface area contributed by atoms with Gasteiger partial charge in [0.25, 0.3) is 5.91 Å². The number of rotatable bonds is 9. The Bertz CT molecular complexity index is 1210. The Morgan fingerprint density at radius 1 is 0.949 bits per heavy atom. The second-order valence-corrected chi connectivity index (χ2v) is 10.2. The van der Waals surface area contributed by atoms with Crippen LogP contribution in [0.2, 0.25) is 0 Å². The highest BCUT2D eigenvalue weighted by atomic mass is 16.6. The van der Waals surface area contributed by atoms with Crippen molar-refractivity contribution in [2.75, 3.05) is 0 Å². The number of hydrazine groups is 1. The Labute approximate surface area is 229 Å². The standard InChI is InChI=1S/C30H37N3O6/c1-19(2)27-29(37)33(26(18-31(27)21(5)34)24-15-11-8-12-16-24)32(22(6)35)25(17-23-13-9-7-10-14-23)28(36)30(38)39-20(3)4/h7-16,18-20,25,27-28,36H,17H2,1-6H3/t25-,27?,28?/m0/s1. The molecule has 39 heavy (non-hydrogen) atoms. The van der Waals surface area contributed by atoms with E-state index in [1.807, 2.05) is 50.2 Å². The number of carbonyl (C=O) groups excluding carboxylic acids is 4. The van der Waals surface area contributed by atoms with Crippen molar-refractivity contribution in [2.24, 2.45) is 5.92 Å². The van der Waals surface area contributed by atoms with Gasteiger partial charge in [-0.1, -0.05) is 74.5 Å². The van der Waals surface area contributed by atoms with Crippen molar-refractivity contribution in [3.05, 3.63) is 78.0 Å². The van der Waals surface area contributed by atoms with Crippen molar-refractivity contribution in [2.45, 2.75) is 72.3 Å². The number of hydrogen-bond acceptors (Lipinski definition) is 6. The summed E-state index contributed by atoms with van der Waals surface area (Å²) in [5.41, 5.74) is 1.58. The van der Waals surface area contributed by atoms with Crippen LogP contribution < -0.4 is 0 Å². The van der Waals surface area contributed by atoms with Crippen molar-refractivity contribution >= 4 is 29.4 Å². The third-order valence-corrected chi connectivity index (χ3v) is 6.41. The zero-order valence-corrected chi connectivity index (χ0v) is 23.3. The molecule has 0 fully saturated rings. The third-order valence-electron chi connectivity index (χ3n) is 6.41. The molecule has 2 unspecified atom stereocenters. The minimum Gasteiger partial charge on any atom is -0.461 e. The summed E-state index contributed by atoms with van der Waals surface area (Å²) in [5.74, 6) is -2.63. The van der Waals surface area contributed by atoms with Crippen LogP contribution in [0, 0.1) is 5.92 Å². The lowest BCUT2D eigenvalue weighted by Crippen LogP contribution is -2.64. The van der Waals surface area contributed by atoms with Gasteiger partial charge in [-0.05, 0) is 31.7 Å². The molecule has 0 saturated heterocycles. The van der Waals surface area contributed by atoms with Crippen LogP contribution in [0.3, 0.4) is 0 Å². The largest absolute Gasteiger partial charge is 0.461 e. The lowest BCUT2D eigenvalue weighted by molar-refractivity contribution is -0.178. The van der Waals surface area contributed by atoms with Gasteiger partial charge in [0.2, 0.25) is 11.8 Å². The molecule has 9 heteroatoms. The van der Waals surface area contributed by atoms with E-state index in [9.17, 15) is 24.3 Å². The molecule has 1 heterocycles. The van der Waals surface area contributed by atoms with E-state index in [-0.39, 0.29) is 23.9 Å². The Hall–Kier alpha value is -3.98. The number of aliphatic hydroxyl groups is 1. The van der Waals surface area contributed by atoms with Crippen LogP contribution in [0.5, 0.6) is 0 Å². The molecule has 0 bridgehead atoms. The number of carbonyl (C=O) groups is 4. The van der Waals surface area contributed by atoms with Crippen LogP contribution in [-0.4, -0.2) is 68.0 Å². The third kappa shape index (κ3) is 6.72. The van der Waals surface area contributed by atoms with Crippen LogP contribution in [0.15, 0.2) is 66.9 Å². The van der Waals surface area contributed by atoms with E-state index < -0.39 is 42.1 Å². The summed E-state index contributed by atoms with van der Waals surface area (Å²) in [5, 5.41) is 13.6. The number of amides is 3. The highest BCUT2D eigenvalue weighted by Gasteiger charge is 2.47. The maximum atomic E-state index is 14.2. The molecule has 3 atom stereocenters. The van der Waals surface area contributed by atoms with Crippen molar-refractivity contribution in [1.82, 2.24) is 14.9 Å². The molecule has 0 aromatic heterocycles. The van der Waals surface area contributed by atoms with E-state index >= 15 is 0 Å². The van der Waals surface area contributed by atoms with Gasteiger partial charge in [0.1, 0.15) is 6.04 Å². The molecule has 0 saturated carbocycles. The first kappa shape index (κ1) is 29.6. The normalized spacial score (nSPS) is 17.1. The van der Waals surface area contributed by atoms with Crippen molar-refractivity contribution in [3.63, 3.8) is 0 Å². The number of esters is 1. The Morgan fingerprint density at radius 2 is 1.51 bits per heavy atom. The van der Waals surface area contributed by atoms with E-state index in [1.165, 1.54) is 23.8 Å². The number of nitrogens with zero attached hydrogens (tertiary/aromatic N) is 3. The first-order valence-corrected chi connectivity index (χ1v) is 13.1. The van der Waals surface area contributed by atoms with Gasteiger partial charge >= 0.3 is 5.97 Å². The molecule has 2 aromatic rings. The molecule has 0 aliphatic carbocycles. The minimum absolute atomic E-state index is 0.0589. The quantitative estimate of drug-likeness (QED) is 0.494. The van der Waals surface area contributed by atoms with E-state index in [0.717, 1.165) is 10.6 Å². The smallest absolute Gasteiger partial charge is 0.337 e. The second-order valence-electron chi connectivity index (χ2n) is 10.2. The lowest BCUT2D eigenvalue weighted by atomic mass is 9.96. The van der Waals surface area contributed by atoms with E-state index in [0.29, 0.717) is 5.56 Å². The summed E-state index contributed by atoms with van der Waals surface area (Å²) in [7, 11) is 0. The number of aliphatic hydroxyl groups excluding tert-OH is 1. The second kappa shape index (κ2) is 12.7. The van der Waals surface area contributed by atoms with Gasteiger partial charge in [0.05, 0.1) is 17.8 Å². The first-order valence-electron chi connectivity index (χ1n) is 13.1. The van der Waals surface area contributed by atoms with Gasteiger partial charge in [0, 0.05) is 25.6 Å². The Kier molecular flexibility index (Phi) is 9.64. The van der Waals surface area contributed by atoms with E-state index in [2.05, 4.69) is 0 Å². The molecule has 3 amide bonds. The van der Waals surface area contributed by atoms with Gasteiger partial charge in [-0.25, -0.2) is 14.8 Å². The monoisotopic (exact) mass is 535 g/mol. The predicted octanol–water partition coefficient (Wildman–Crippen LogP) is 3.39. The van der Waals surface area contributed by atoms with Crippen LogP contribution in [0.4, 0.5) is 0 Å². The molecule has 0 radical (unpaired) electrons. The molecule has 2 aromatic carbocycles. The minimum atomic E-state index is -1.76. The van der Waals surface area contributed by atoms with Gasteiger partial charge < -0.3 is 14.7 Å². The van der Waals surface area contributed by atoms with Crippen LogP contribution >= 0.6 is 0 Å². The van der Waals surface area contributed by atoms with Gasteiger partial charge in [-0.3, -0.25) is 14.4 Å². The topological polar surface area (TPSA) is 107 Å². The zero-order valence-electron chi connectivity index (χ0n) is 23.3. The summed E-state index contributed by atoms with van der Waals surface area (Å²) in [6.45, 7) is 9.60. The molecule has 1 aliphatic rings. The summed E-state index contributed by atoms with van der Waals surface area (Å²) in [6.07, 6.45) is -0.646. The highest BCUT2D eigenvalue weighted by molar-refractivity contribution is 5.98. The average Bonchev–Trinajstić information content (AvgIpc) is 2.88. The molecular formula is C30H37N3O6. The molecule has 1 aliphatic heterocycles. The SMILES string of the molecule is CC(=O)N1C=C(c2ccccc2)N(N(C(C)=O)[C@@H](Cc2ccccc2)C(O)C(=O)OC(C)C)C(=O)C1C(C)C. The van der Waals surface area contributed by atoms with Crippen LogP contribution in [-0.2, 0) is 30.3 Å². The van der Waals surface area contributed by atoms with E-state index in [1.54, 1.807) is 44.3 Å². The first-order chi connectivity index (χ1) is 18.4. The van der Waals surface area contributed by atoms with Crippen molar-refractivity contribution in [3.8, 4) is 0 Å². The molecule has 208 valence electrons. The van der Waals surface area contributed by atoms with E-state index in [4.69, 9.17) is 4.74 Å². The summed E-state index contributed by atoms with van der Waals surface area (Å²) in [4.78, 5) is 54.6. The average molecular weight is 536 g/mol. The van der Waals surface area contributed by atoms with Gasteiger partial charge in [-0.2, -0.15) is 0 Å². The maximum Gasteiger partial charge on any atom is 0.337 e. The molecule has 1 N–H and O–H groups in total. The highest BCUT2D eigenvalue weighted by Crippen LogP contribution is 2.33. The molecular weight excluding hydrogens is 498 g/mol.